The summed E-state index contributed by atoms with van der Waals surface area (Å²) in [6, 6.07) is 8.13. The second-order valence-corrected chi connectivity index (χ2v) is 7.15. The molecule has 28 heavy (non-hydrogen) atoms. The first kappa shape index (κ1) is 22.9. The van der Waals surface area contributed by atoms with Gasteiger partial charge in [0.2, 0.25) is 5.91 Å². The van der Waals surface area contributed by atoms with Crippen molar-refractivity contribution in [3.8, 4) is 0 Å². The van der Waals surface area contributed by atoms with E-state index in [1.165, 1.54) is 0 Å². The van der Waals surface area contributed by atoms with E-state index >= 15 is 0 Å². The molecule has 2 N–H and O–H groups in total. The molecule has 1 unspecified atom stereocenters. The van der Waals surface area contributed by atoms with Gasteiger partial charge >= 0.3 is 0 Å². The molecule has 0 bridgehead atoms. The van der Waals surface area contributed by atoms with Gasteiger partial charge < -0.3 is 25.2 Å². The van der Waals surface area contributed by atoms with Crippen molar-refractivity contribution >= 4 is 41.5 Å². The predicted octanol–water partition coefficient (Wildman–Crippen LogP) is 1.82. The Morgan fingerprint density at radius 3 is 2.68 bits per heavy atom. The molecule has 2 fully saturated rings. The molecule has 0 aliphatic carbocycles. The van der Waals surface area contributed by atoms with Crippen molar-refractivity contribution in [1.29, 1.82) is 0 Å². The normalized spacial score (nSPS) is 20.8. The van der Waals surface area contributed by atoms with E-state index in [0.717, 1.165) is 63.0 Å². The number of amides is 1. The van der Waals surface area contributed by atoms with Crippen molar-refractivity contribution in [3.63, 3.8) is 0 Å². The molecule has 2 aliphatic heterocycles. The summed E-state index contributed by atoms with van der Waals surface area (Å²) in [5.74, 6) is 1.02. The van der Waals surface area contributed by atoms with E-state index in [4.69, 9.17) is 4.74 Å². The summed E-state index contributed by atoms with van der Waals surface area (Å²) in [6.07, 6.45) is 1.79. The summed E-state index contributed by atoms with van der Waals surface area (Å²) in [4.78, 5) is 20.7. The van der Waals surface area contributed by atoms with E-state index in [-0.39, 0.29) is 36.0 Å². The minimum Gasteiger partial charge on any atom is -0.374 e. The van der Waals surface area contributed by atoms with Crippen LogP contribution in [-0.2, 0) is 16.1 Å². The monoisotopic (exact) mass is 501 g/mol. The number of rotatable bonds is 6. The zero-order valence-corrected chi connectivity index (χ0v) is 19.1. The number of benzene rings is 1. The van der Waals surface area contributed by atoms with Crippen molar-refractivity contribution in [1.82, 2.24) is 15.5 Å². The summed E-state index contributed by atoms with van der Waals surface area (Å²) in [6.45, 7) is 7.73. The van der Waals surface area contributed by atoms with Crippen LogP contribution in [0.25, 0.3) is 0 Å². The van der Waals surface area contributed by atoms with Crippen molar-refractivity contribution in [2.24, 2.45) is 4.99 Å². The van der Waals surface area contributed by atoms with Gasteiger partial charge in [0.1, 0.15) is 0 Å². The van der Waals surface area contributed by atoms with Crippen molar-refractivity contribution in [2.75, 3.05) is 51.3 Å². The van der Waals surface area contributed by atoms with Crippen molar-refractivity contribution < 1.29 is 9.53 Å². The predicted molar refractivity (Wildman–Crippen MR) is 123 cm³/mol. The van der Waals surface area contributed by atoms with E-state index in [2.05, 4.69) is 34.5 Å². The third-order valence-electron chi connectivity index (χ3n) is 4.92. The highest BCUT2D eigenvalue weighted by Crippen LogP contribution is 2.21. The zero-order chi connectivity index (χ0) is 19.1. The van der Waals surface area contributed by atoms with Gasteiger partial charge in [-0.1, -0.05) is 12.1 Å². The molecule has 2 saturated heterocycles. The van der Waals surface area contributed by atoms with Gasteiger partial charge in [0.15, 0.2) is 5.96 Å². The van der Waals surface area contributed by atoms with E-state index in [0.29, 0.717) is 13.0 Å². The molecule has 1 atom stereocenters. The van der Waals surface area contributed by atoms with Crippen LogP contribution >= 0.6 is 24.0 Å². The fourth-order valence-electron chi connectivity index (χ4n) is 3.42. The van der Waals surface area contributed by atoms with Gasteiger partial charge in [-0.15, -0.1) is 24.0 Å². The highest BCUT2D eigenvalue weighted by Gasteiger charge is 2.21. The zero-order valence-electron chi connectivity index (χ0n) is 16.8. The number of nitrogens with zero attached hydrogens (tertiary/aromatic N) is 3. The molecule has 0 spiro atoms. The standard InChI is InChI=1S/C20H31N5O2.HI/c1-3-21-20(23-14-18-15-24(2)11-12-27-18)22-13-16-6-8-17(9-7-16)25-10-4-5-19(25)26;/h6-9,18H,3-5,10-15H2,1-2H3,(H2,21,22,23);1H. The largest absolute Gasteiger partial charge is 0.374 e. The first-order chi connectivity index (χ1) is 13.2. The van der Waals surface area contributed by atoms with Crippen LogP contribution in [0.5, 0.6) is 0 Å². The second-order valence-electron chi connectivity index (χ2n) is 7.15. The quantitative estimate of drug-likeness (QED) is 0.354. The Bertz CT molecular complexity index is 653. The van der Waals surface area contributed by atoms with Crippen LogP contribution in [0.15, 0.2) is 29.3 Å². The third-order valence-corrected chi connectivity index (χ3v) is 4.92. The summed E-state index contributed by atoms with van der Waals surface area (Å²) in [5.41, 5.74) is 2.10. The van der Waals surface area contributed by atoms with Gasteiger partial charge in [-0.3, -0.25) is 4.79 Å². The molecular formula is C20H32IN5O2. The Morgan fingerprint density at radius 1 is 1.25 bits per heavy atom. The summed E-state index contributed by atoms with van der Waals surface area (Å²) in [7, 11) is 2.12. The molecule has 0 radical (unpaired) electrons. The number of carbonyl (C=O) groups is 1. The summed E-state index contributed by atoms with van der Waals surface area (Å²) >= 11 is 0. The van der Waals surface area contributed by atoms with Crippen molar-refractivity contribution in [2.45, 2.75) is 32.4 Å². The van der Waals surface area contributed by atoms with Crippen LogP contribution in [0.3, 0.4) is 0 Å². The van der Waals surface area contributed by atoms with Crippen LogP contribution < -0.4 is 15.5 Å². The number of hydrogen-bond acceptors (Lipinski definition) is 4. The third kappa shape index (κ3) is 6.59. The Kier molecular flexibility index (Phi) is 9.46. The van der Waals surface area contributed by atoms with Gasteiger partial charge in [-0.2, -0.15) is 0 Å². The van der Waals surface area contributed by atoms with E-state index < -0.39 is 0 Å². The van der Waals surface area contributed by atoms with Gasteiger partial charge in [0, 0.05) is 44.8 Å². The lowest BCUT2D eigenvalue weighted by molar-refractivity contribution is -0.117. The first-order valence-corrected chi connectivity index (χ1v) is 9.87. The van der Waals surface area contributed by atoms with Crippen LogP contribution in [0.1, 0.15) is 25.3 Å². The smallest absolute Gasteiger partial charge is 0.227 e. The van der Waals surface area contributed by atoms with E-state index in [9.17, 15) is 4.79 Å². The fourth-order valence-corrected chi connectivity index (χ4v) is 3.42. The highest BCUT2D eigenvalue weighted by molar-refractivity contribution is 14.0. The van der Waals surface area contributed by atoms with Crippen LogP contribution in [-0.4, -0.2) is 69.2 Å². The number of aliphatic imine (C=N–C) groups is 1. The number of guanidine groups is 1. The number of likely N-dealkylation sites (N-methyl/N-ethyl adjacent to an activating group) is 1. The number of carbonyl (C=O) groups excluding carboxylic acids is 1. The maximum atomic E-state index is 11.8. The molecule has 156 valence electrons. The lowest BCUT2D eigenvalue weighted by atomic mass is 10.2. The Balaban J connectivity index is 0.00000280. The Labute approximate surface area is 184 Å². The molecular weight excluding hydrogens is 469 g/mol. The van der Waals surface area contributed by atoms with Crippen molar-refractivity contribution in [3.05, 3.63) is 29.8 Å². The van der Waals surface area contributed by atoms with Gasteiger partial charge in [-0.05, 0) is 38.1 Å². The molecule has 2 heterocycles. The molecule has 8 heteroatoms. The number of morpholine rings is 1. The Hall–Kier alpha value is -1.39. The molecule has 0 aromatic heterocycles. The molecule has 1 amide bonds. The van der Waals surface area contributed by atoms with Gasteiger partial charge in [-0.25, -0.2) is 4.99 Å². The van der Waals surface area contributed by atoms with Gasteiger partial charge in [0.25, 0.3) is 0 Å². The fraction of sp³-hybridized carbons (Fsp3) is 0.600. The Morgan fingerprint density at radius 2 is 2.04 bits per heavy atom. The molecule has 0 saturated carbocycles. The average Bonchev–Trinajstić information content (AvgIpc) is 3.10. The minimum atomic E-state index is 0. The van der Waals surface area contributed by atoms with E-state index in [1.807, 2.05) is 29.2 Å². The lowest BCUT2D eigenvalue weighted by Crippen LogP contribution is -2.48. The average molecular weight is 501 g/mol. The lowest BCUT2D eigenvalue weighted by Gasteiger charge is -2.30. The minimum absolute atomic E-state index is 0. The number of nitrogens with one attached hydrogen (secondary N) is 2. The van der Waals surface area contributed by atoms with E-state index in [1.54, 1.807) is 0 Å². The van der Waals surface area contributed by atoms with Gasteiger partial charge in [0.05, 0.1) is 19.3 Å². The maximum Gasteiger partial charge on any atom is 0.227 e. The number of anilines is 1. The number of halogens is 1. The topological polar surface area (TPSA) is 69.2 Å². The summed E-state index contributed by atoms with van der Waals surface area (Å²) in [5, 5.41) is 6.66. The second kappa shape index (κ2) is 11.6. The molecule has 1 aromatic rings. The molecule has 3 rings (SSSR count). The number of ether oxygens (including phenoxy) is 1. The van der Waals surface area contributed by atoms with Crippen LogP contribution in [0.4, 0.5) is 5.69 Å². The maximum absolute atomic E-state index is 11.8. The van der Waals surface area contributed by atoms with Crippen LogP contribution in [0.2, 0.25) is 0 Å². The SMILES string of the molecule is CCNC(=NCc1ccc(N2CCCC2=O)cc1)NCC1CN(C)CCO1.I. The summed E-state index contributed by atoms with van der Waals surface area (Å²) < 4.78 is 5.79. The van der Waals surface area contributed by atoms with Crippen LogP contribution in [0, 0.1) is 0 Å². The molecule has 1 aromatic carbocycles. The molecule has 7 nitrogen and oxygen atoms in total. The first-order valence-electron chi connectivity index (χ1n) is 9.87. The molecule has 2 aliphatic rings. The highest BCUT2D eigenvalue weighted by atomic mass is 127. The number of hydrogen-bond donors (Lipinski definition) is 2.